The molecule has 0 saturated carbocycles. The van der Waals surface area contributed by atoms with Gasteiger partial charge in [-0.1, -0.05) is 42.5 Å². The fourth-order valence-corrected chi connectivity index (χ4v) is 3.94. The largest absolute Gasteiger partial charge is 0.492 e. The fourth-order valence-electron chi connectivity index (χ4n) is 3.94. The molecular formula is C24H28N3O2+. The molecule has 1 fully saturated rings. The summed E-state index contributed by atoms with van der Waals surface area (Å²) in [5.74, 6) is 1.01. The minimum absolute atomic E-state index is 0.0680. The Kier molecular flexibility index (Phi) is 5.96. The van der Waals surface area contributed by atoms with Crippen LogP contribution in [0.15, 0.2) is 66.7 Å². The average Bonchev–Trinajstić information content (AvgIpc) is 2.75. The predicted octanol–water partition coefficient (Wildman–Crippen LogP) is 2.58. The van der Waals surface area contributed by atoms with E-state index in [1.807, 2.05) is 55.5 Å². The highest BCUT2D eigenvalue weighted by Gasteiger charge is 2.24. The quantitative estimate of drug-likeness (QED) is 0.680. The van der Waals surface area contributed by atoms with Crippen LogP contribution in [0.5, 0.6) is 5.75 Å². The van der Waals surface area contributed by atoms with Gasteiger partial charge in [-0.2, -0.15) is 0 Å². The number of fused-ring (bicyclic) bond motifs is 1. The van der Waals surface area contributed by atoms with Gasteiger partial charge in [0.15, 0.2) is 6.54 Å². The standard InChI is InChI=1S/C24H27N3O2/c1-2-29-23-10-6-5-9-22(23)27-15-13-26(14-16-27)18-24(28)25-21-12-11-19-7-3-4-8-20(19)17-21/h3-12,17H,2,13-16,18H2,1H3,(H,25,28)/p+1. The Morgan fingerprint density at radius 1 is 1.00 bits per heavy atom. The van der Waals surface area contributed by atoms with Crippen molar-refractivity contribution in [3.63, 3.8) is 0 Å². The summed E-state index contributed by atoms with van der Waals surface area (Å²) < 4.78 is 5.77. The zero-order chi connectivity index (χ0) is 20.1. The minimum Gasteiger partial charge on any atom is -0.492 e. The van der Waals surface area contributed by atoms with Crippen molar-refractivity contribution in [1.82, 2.24) is 0 Å². The zero-order valence-corrected chi connectivity index (χ0v) is 16.9. The summed E-state index contributed by atoms with van der Waals surface area (Å²) >= 11 is 0. The first kappa shape index (κ1) is 19.3. The van der Waals surface area contributed by atoms with E-state index in [4.69, 9.17) is 4.74 Å². The van der Waals surface area contributed by atoms with Gasteiger partial charge in [-0.15, -0.1) is 0 Å². The predicted molar refractivity (Wildman–Crippen MR) is 118 cm³/mol. The van der Waals surface area contributed by atoms with E-state index in [0.29, 0.717) is 13.2 Å². The second kappa shape index (κ2) is 8.97. The van der Waals surface area contributed by atoms with Gasteiger partial charge in [-0.3, -0.25) is 4.79 Å². The molecule has 0 spiro atoms. The Morgan fingerprint density at radius 2 is 1.72 bits per heavy atom. The van der Waals surface area contributed by atoms with Gasteiger partial charge in [0.05, 0.1) is 38.5 Å². The number of nitrogens with one attached hydrogen (secondary N) is 2. The van der Waals surface area contributed by atoms with Crippen LogP contribution in [0.3, 0.4) is 0 Å². The number of para-hydroxylation sites is 2. The highest BCUT2D eigenvalue weighted by atomic mass is 16.5. The van der Waals surface area contributed by atoms with E-state index < -0.39 is 0 Å². The molecule has 1 saturated heterocycles. The molecule has 2 N–H and O–H groups in total. The van der Waals surface area contributed by atoms with E-state index in [1.165, 1.54) is 10.3 Å². The van der Waals surface area contributed by atoms with Gasteiger partial charge in [0.2, 0.25) is 0 Å². The van der Waals surface area contributed by atoms with Crippen LogP contribution in [0, 0.1) is 0 Å². The third kappa shape index (κ3) is 4.69. The monoisotopic (exact) mass is 390 g/mol. The van der Waals surface area contributed by atoms with Crippen molar-refractivity contribution in [3.8, 4) is 5.75 Å². The lowest BCUT2D eigenvalue weighted by Gasteiger charge is -2.34. The van der Waals surface area contributed by atoms with Crippen LogP contribution in [0.1, 0.15) is 6.92 Å². The smallest absolute Gasteiger partial charge is 0.279 e. The van der Waals surface area contributed by atoms with Crippen molar-refractivity contribution < 1.29 is 14.4 Å². The average molecular weight is 391 g/mol. The summed E-state index contributed by atoms with van der Waals surface area (Å²) in [6.07, 6.45) is 0. The first-order chi connectivity index (χ1) is 14.2. The molecule has 0 radical (unpaired) electrons. The molecule has 3 aromatic carbocycles. The number of nitrogens with zero attached hydrogens (tertiary/aromatic N) is 1. The topological polar surface area (TPSA) is 46.0 Å². The molecular weight excluding hydrogens is 362 g/mol. The lowest BCUT2D eigenvalue weighted by atomic mass is 10.1. The summed E-state index contributed by atoms with van der Waals surface area (Å²) in [4.78, 5) is 16.2. The van der Waals surface area contributed by atoms with Crippen LogP contribution in [-0.4, -0.2) is 45.2 Å². The number of hydrogen-bond acceptors (Lipinski definition) is 3. The van der Waals surface area contributed by atoms with Crippen molar-refractivity contribution in [3.05, 3.63) is 66.7 Å². The van der Waals surface area contributed by atoms with Gasteiger partial charge in [0, 0.05) is 5.69 Å². The van der Waals surface area contributed by atoms with E-state index in [0.717, 1.165) is 48.7 Å². The first-order valence-corrected chi connectivity index (χ1v) is 10.3. The SMILES string of the molecule is CCOc1ccccc1N1CC[NH+](CC(=O)Nc2ccc3ccccc3c2)CC1. The number of hydrogen-bond donors (Lipinski definition) is 2. The number of amides is 1. The molecule has 0 bridgehead atoms. The van der Waals surface area contributed by atoms with E-state index >= 15 is 0 Å². The number of anilines is 2. The second-order valence-corrected chi connectivity index (χ2v) is 7.42. The number of quaternary nitrogens is 1. The van der Waals surface area contributed by atoms with Gasteiger partial charge < -0.3 is 19.9 Å². The lowest BCUT2D eigenvalue weighted by Crippen LogP contribution is -3.15. The summed E-state index contributed by atoms with van der Waals surface area (Å²) in [6, 6.07) is 22.4. The third-order valence-corrected chi connectivity index (χ3v) is 5.42. The maximum absolute atomic E-state index is 12.5. The van der Waals surface area contributed by atoms with Gasteiger partial charge >= 0.3 is 0 Å². The number of ether oxygens (including phenoxy) is 1. The van der Waals surface area contributed by atoms with Crippen molar-refractivity contribution in [1.29, 1.82) is 0 Å². The van der Waals surface area contributed by atoms with Crippen LogP contribution in [-0.2, 0) is 4.79 Å². The molecule has 0 unspecified atom stereocenters. The number of benzene rings is 3. The van der Waals surface area contributed by atoms with Crippen LogP contribution in [0.4, 0.5) is 11.4 Å². The Bertz CT molecular complexity index is 981. The molecule has 0 atom stereocenters. The maximum Gasteiger partial charge on any atom is 0.279 e. The van der Waals surface area contributed by atoms with Crippen LogP contribution >= 0.6 is 0 Å². The van der Waals surface area contributed by atoms with Crippen LogP contribution in [0.25, 0.3) is 10.8 Å². The highest BCUT2D eigenvalue weighted by Crippen LogP contribution is 2.27. The minimum atomic E-state index is 0.0680. The normalized spacial score (nSPS) is 14.7. The van der Waals surface area contributed by atoms with E-state index in [2.05, 4.69) is 28.4 Å². The third-order valence-electron chi connectivity index (χ3n) is 5.42. The molecule has 1 amide bonds. The van der Waals surface area contributed by atoms with Crippen molar-refractivity contribution in [2.75, 3.05) is 49.5 Å². The Hall–Kier alpha value is -3.05. The lowest BCUT2D eigenvalue weighted by molar-refractivity contribution is -0.892. The summed E-state index contributed by atoms with van der Waals surface area (Å²) in [6.45, 7) is 6.88. The summed E-state index contributed by atoms with van der Waals surface area (Å²) in [7, 11) is 0. The molecule has 1 aliphatic heterocycles. The van der Waals surface area contributed by atoms with Crippen LogP contribution < -0.4 is 19.9 Å². The van der Waals surface area contributed by atoms with Crippen molar-refractivity contribution in [2.45, 2.75) is 6.92 Å². The Labute approximate surface area is 171 Å². The molecule has 5 heteroatoms. The maximum atomic E-state index is 12.5. The van der Waals surface area contributed by atoms with E-state index in [9.17, 15) is 4.79 Å². The molecule has 5 nitrogen and oxygen atoms in total. The molecule has 150 valence electrons. The molecule has 0 aliphatic carbocycles. The molecule has 1 aliphatic rings. The van der Waals surface area contributed by atoms with E-state index in [-0.39, 0.29) is 5.91 Å². The number of rotatable bonds is 6. The van der Waals surface area contributed by atoms with Gasteiger partial charge in [-0.25, -0.2) is 0 Å². The van der Waals surface area contributed by atoms with Crippen LogP contribution in [0.2, 0.25) is 0 Å². The molecule has 29 heavy (non-hydrogen) atoms. The number of piperazine rings is 1. The highest BCUT2D eigenvalue weighted by molar-refractivity contribution is 5.94. The number of carbonyl (C=O) groups excluding carboxylic acids is 1. The zero-order valence-electron chi connectivity index (χ0n) is 16.9. The van der Waals surface area contributed by atoms with Crippen molar-refractivity contribution >= 4 is 28.1 Å². The first-order valence-electron chi connectivity index (χ1n) is 10.3. The Balaban J connectivity index is 1.31. The van der Waals surface area contributed by atoms with Gasteiger partial charge in [0.25, 0.3) is 5.91 Å². The molecule has 1 heterocycles. The molecule has 0 aromatic heterocycles. The van der Waals surface area contributed by atoms with Crippen molar-refractivity contribution in [2.24, 2.45) is 0 Å². The second-order valence-electron chi connectivity index (χ2n) is 7.42. The summed E-state index contributed by atoms with van der Waals surface area (Å²) in [5, 5.41) is 5.38. The summed E-state index contributed by atoms with van der Waals surface area (Å²) in [5.41, 5.74) is 2.01. The fraction of sp³-hybridized carbons (Fsp3) is 0.292. The number of carbonyl (C=O) groups is 1. The molecule has 4 rings (SSSR count). The van der Waals surface area contributed by atoms with Gasteiger partial charge in [-0.05, 0) is 42.0 Å². The Morgan fingerprint density at radius 3 is 2.52 bits per heavy atom. The van der Waals surface area contributed by atoms with Gasteiger partial charge in [0.1, 0.15) is 5.75 Å². The van der Waals surface area contributed by atoms with E-state index in [1.54, 1.807) is 0 Å². The molecule has 3 aromatic rings.